The maximum absolute atomic E-state index is 12.8. The Labute approximate surface area is 140 Å². The van der Waals surface area contributed by atoms with Gasteiger partial charge < -0.3 is 14.6 Å². The summed E-state index contributed by atoms with van der Waals surface area (Å²) < 4.78 is 5.27. The van der Waals surface area contributed by atoms with E-state index >= 15 is 0 Å². The Hall–Kier alpha value is -2.63. The normalized spacial score (nSPS) is 17.5. The predicted octanol–water partition coefficient (Wildman–Crippen LogP) is 2.39. The number of amides is 2. The Kier molecular flexibility index (Phi) is 4.13. The maximum Gasteiger partial charge on any atom is 0.274 e. The fourth-order valence-electron chi connectivity index (χ4n) is 3.18. The smallest absolute Gasteiger partial charge is 0.274 e. The number of benzene rings is 1. The van der Waals surface area contributed by atoms with Gasteiger partial charge in [0.2, 0.25) is 5.91 Å². The summed E-state index contributed by atoms with van der Waals surface area (Å²) in [7, 11) is 0. The first kappa shape index (κ1) is 16.2. The molecule has 2 heterocycles. The molecular weight excluding hydrogens is 306 g/mol. The van der Waals surface area contributed by atoms with Crippen LogP contribution in [0.5, 0.6) is 0 Å². The molecule has 2 unspecified atom stereocenters. The van der Waals surface area contributed by atoms with Gasteiger partial charge >= 0.3 is 0 Å². The first-order chi connectivity index (χ1) is 11.4. The van der Waals surface area contributed by atoms with Crippen LogP contribution in [0.15, 0.2) is 28.7 Å². The summed E-state index contributed by atoms with van der Waals surface area (Å²) in [4.78, 5) is 31.0. The Balaban J connectivity index is 1.76. The van der Waals surface area contributed by atoms with Crippen molar-refractivity contribution in [2.75, 3.05) is 4.90 Å². The van der Waals surface area contributed by atoms with E-state index in [0.717, 1.165) is 17.7 Å². The van der Waals surface area contributed by atoms with E-state index < -0.39 is 11.9 Å². The van der Waals surface area contributed by atoms with E-state index in [0.29, 0.717) is 11.7 Å². The topological polar surface area (TPSA) is 75.4 Å². The van der Waals surface area contributed by atoms with Crippen LogP contribution in [0, 0.1) is 13.8 Å². The number of nitrogens with zero attached hydrogens (tertiary/aromatic N) is 2. The number of fused-ring (bicyclic) bond motifs is 1. The molecule has 2 amide bonds. The van der Waals surface area contributed by atoms with Crippen LogP contribution in [0.4, 0.5) is 5.69 Å². The predicted molar refractivity (Wildman–Crippen MR) is 90.0 cm³/mol. The molecular formula is C18H21N3O3. The first-order valence-corrected chi connectivity index (χ1v) is 8.04. The third-order valence-corrected chi connectivity index (χ3v) is 4.28. The first-order valence-electron chi connectivity index (χ1n) is 8.04. The van der Waals surface area contributed by atoms with Crippen molar-refractivity contribution in [2.24, 2.45) is 0 Å². The van der Waals surface area contributed by atoms with Crippen molar-refractivity contribution in [3.8, 4) is 0 Å². The molecule has 0 saturated heterocycles. The highest BCUT2D eigenvalue weighted by Gasteiger charge is 2.34. The van der Waals surface area contributed by atoms with E-state index in [1.165, 1.54) is 0 Å². The van der Waals surface area contributed by atoms with Crippen molar-refractivity contribution >= 4 is 17.5 Å². The Bertz CT molecular complexity index is 797. The van der Waals surface area contributed by atoms with Crippen LogP contribution in [0.3, 0.4) is 0 Å². The number of aryl methyl sites for hydroxylation is 2. The van der Waals surface area contributed by atoms with E-state index in [9.17, 15) is 9.59 Å². The number of hydrogen-bond donors (Lipinski definition) is 1. The standard InChI is InChI=1S/C18H21N3O3/c1-10-9-14-7-5-6-8-15(14)21(10)18(23)11(2)19-17(22)16-12(3)24-13(4)20-16/h5-8,10-11H,9H2,1-4H3,(H,19,22). The van der Waals surface area contributed by atoms with Gasteiger partial charge in [-0.1, -0.05) is 18.2 Å². The van der Waals surface area contributed by atoms with Gasteiger partial charge in [0.1, 0.15) is 11.8 Å². The van der Waals surface area contributed by atoms with Gasteiger partial charge in [0.15, 0.2) is 11.6 Å². The van der Waals surface area contributed by atoms with E-state index in [-0.39, 0.29) is 17.6 Å². The highest BCUT2D eigenvalue weighted by atomic mass is 16.4. The number of hydrogen-bond acceptors (Lipinski definition) is 4. The molecule has 0 aliphatic carbocycles. The van der Waals surface area contributed by atoms with E-state index in [1.54, 1.807) is 25.7 Å². The molecule has 1 aromatic heterocycles. The minimum Gasteiger partial charge on any atom is -0.445 e. The van der Waals surface area contributed by atoms with Crippen LogP contribution in [0.1, 0.15) is 41.6 Å². The quantitative estimate of drug-likeness (QED) is 0.939. The van der Waals surface area contributed by atoms with E-state index in [4.69, 9.17) is 4.42 Å². The third-order valence-electron chi connectivity index (χ3n) is 4.28. The highest BCUT2D eigenvalue weighted by Crippen LogP contribution is 2.32. The summed E-state index contributed by atoms with van der Waals surface area (Å²) in [5.74, 6) is 0.354. The monoisotopic (exact) mass is 327 g/mol. The summed E-state index contributed by atoms with van der Waals surface area (Å²) in [6.07, 6.45) is 0.824. The summed E-state index contributed by atoms with van der Waals surface area (Å²) in [6, 6.07) is 7.29. The molecule has 24 heavy (non-hydrogen) atoms. The van der Waals surface area contributed by atoms with Gasteiger partial charge in [-0.25, -0.2) is 4.98 Å². The number of aromatic nitrogens is 1. The van der Waals surface area contributed by atoms with Gasteiger partial charge in [-0.2, -0.15) is 0 Å². The molecule has 0 radical (unpaired) electrons. The van der Waals surface area contributed by atoms with Crippen LogP contribution < -0.4 is 10.2 Å². The molecule has 1 aliphatic rings. The van der Waals surface area contributed by atoms with Crippen LogP contribution in [0.25, 0.3) is 0 Å². The molecule has 1 aromatic carbocycles. The average molecular weight is 327 g/mol. The maximum atomic E-state index is 12.8. The number of rotatable bonds is 3. The van der Waals surface area contributed by atoms with Crippen molar-refractivity contribution in [3.05, 3.63) is 47.2 Å². The second kappa shape index (κ2) is 6.11. The SMILES string of the molecule is Cc1nc(C(=O)NC(C)C(=O)N2c3ccccc3CC2C)c(C)o1. The second-order valence-corrected chi connectivity index (χ2v) is 6.22. The fraction of sp³-hybridized carbons (Fsp3) is 0.389. The molecule has 1 N–H and O–H groups in total. The molecule has 2 atom stereocenters. The van der Waals surface area contributed by atoms with Gasteiger partial charge in [-0.05, 0) is 38.8 Å². The van der Waals surface area contributed by atoms with Gasteiger partial charge in [-0.15, -0.1) is 0 Å². The molecule has 1 aliphatic heterocycles. The summed E-state index contributed by atoms with van der Waals surface area (Å²) >= 11 is 0. The zero-order chi connectivity index (χ0) is 17.4. The molecule has 6 heteroatoms. The molecule has 126 valence electrons. The summed E-state index contributed by atoms with van der Waals surface area (Å²) in [5, 5.41) is 2.73. The van der Waals surface area contributed by atoms with Crippen molar-refractivity contribution in [3.63, 3.8) is 0 Å². The van der Waals surface area contributed by atoms with Crippen molar-refractivity contribution in [2.45, 2.75) is 46.2 Å². The van der Waals surface area contributed by atoms with Crippen molar-refractivity contribution in [1.29, 1.82) is 0 Å². The molecule has 0 saturated carbocycles. The highest BCUT2D eigenvalue weighted by molar-refractivity contribution is 6.03. The molecule has 6 nitrogen and oxygen atoms in total. The van der Waals surface area contributed by atoms with Gasteiger partial charge in [0, 0.05) is 18.7 Å². The number of nitrogens with one attached hydrogen (secondary N) is 1. The lowest BCUT2D eigenvalue weighted by atomic mass is 10.1. The zero-order valence-electron chi connectivity index (χ0n) is 14.3. The Morgan fingerprint density at radius 1 is 1.33 bits per heavy atom. The molecule has 3 rings (SSSR count). The number of para-hydroxylation sites is 1. The Morgan fingerprint density at radius 2 is 2.04 bits per heavy atom. The van der Waals surface area contributed by atoms with Gasteiger partial charge in [0.25, 0.3) is 5.91 Å². The lowest BCUT2D eigenvalue weighted by Gasteiger charge is -2.26. The largest absolute Gasteiger partial charge is 0.445 e. The van der Waals surface area contributed by atoms with Crippen molar-refractivity contribution in [1.82, 2.24) is 10.3 Å². The molecule has 0 bridgehead atoms. The summed E-state index contributed by atoms with van der Waals surface area (Å²) in [5.41, 5.74) is 2.30. The van der Waals surface area contributed by atoms with E-state index in [1.807, 2.05) is 31.2 Å². The fourth-order valence-corrected chi connectivity index (χ4v) is 3.18. The molecule has 2 aromatic rings. The lowest BCUT2D eigenvalue weighted by molar-refractivity contribution is -0.120. The Morgan fingerprint density at radius 3 is 2.71 bits per heavy atom. The van der Waals surface area contributed by atoms with Crippen LogP contribution in [-0.4, -0.2) is 28.9 Å². The van der Waals surface area contributed by atoms with Crippen LogP contribution in [-0.2, 0) is 11.2 Å². The number of carbonyl (C=O) groups excluding carboxylic acids is 2. The minimum absolute atomic E-state index is 0.0743. The van der Waals surface area contributed by atoms with E-state index in [2.05, 4.69) is 10.3 Å². The number of oxazole rings is 1. The summed E-state index contributed by atoms with van der Waals surface area (Å²) in [6.45, 7) is 7.06. The lowest BCUT2D eigenvalue weighted by Crippen LogP contribution is -2.49. The average Bonchev–Trinajstić information content (AvgIpc) is 3.04. The van der Waals surface area contributed by atoms with Crippen LogP contribution >= 0.6 is 0 Å². The number of carbonyl (C=O) groups is 2. The van der Waals surface area contributed by atoms with Gasteiger partial charge in [-0.3, -0.25) is 9.59 Å². The third kappa shape index (κ3) is 2.79. The zero-order valence-corrected chi connectivity index (χ0v) is 14.3. The minimum atomic E-state index is -0.650. The van der Waals surface area contributed by atoms with Crippen molar-refractivity contribution < 1.29 is 14.0 Å². The second-order valence-electron chi connectivity index (χ2n) is 6.22. The molecule has 0 fully saturated rings. The number of anilines is 1. The van der Waals surface area contributed by atoms with Crippen LogP contribution in [0.2, 0.25) is 0 Å². The van der Waals surface area contributed by atoms with Gasteiger partial charge in [0.05, 0.1) is 0 Å². The molecule has 0 spiro atoms.